The summed E-state index contributed by atoms with van der Waals surface area (Å²) in [6, 6.07) is 4.27. The third-order valence-corrected chi connectivity index (χ3v) is 2.41. The molecule has 0 aliphatic heterocycles. The third-order valence-electron chi connectivity index (χ3n) is 2.41. The number of aliphatic hydroxyl groups is 1. The van der Waals surface area contributed by atoms with Crippen molar-refractivity contribution in [3.8, 4) is 0 Å². The van der Waals surface area contributed by atoms with Gasteiger partial charge in [0.1, 0.15) is 0 Å². The highest BCUT2D eigenvalue weighted by molar-refractivity contribution is 5.37. The quantitative estimate of drug-likeness (QED) is 0.711. The van der Waals surface area contributed by atoms with Crippen LogP contribution in [0.25, 0.3) is 0 Å². The van der Waals surface area contributed by atoms with Crippen molar-refractivity contribution in [2.75, 3.05) is 0 Å². The van der Waals surface area contributed by atoms with Gasteiger partial charge in [-0.1, -0.05) is 19.1 Å². The van der Waals surface area contributed by atoms with Crippen molar-refractivity contribution in [3.63, 3.8) is 0 Å². The fourth-order valence-electron chi connectivity index (χ4n) is 1.38. The smallest absolute Gasteiger partial charge is 0.0684 e. The van der Waals surface area contributed by atoms with Crippen LogP contribution < -0.4 is 0 Å². The molecule has 1 aromatic carbocycles. The van der Waals surface area contributed by atoms with E-state index in [0.717, 1.165) is 12.0 Å². The van der Waals surface area contributed by atoms with Gasteiger partial charge in [0.25, 0.3) is 0 Å². The number of hydrogen-bond acceptors (Lipinski definition) is 1. The summed E-state index contributed by atoms with van der Waals surface area (Å²) in [4.78, 5) is 0. The van der Waals surface area contributed by atoms with Gasteiger partial charge >= 0.3 is 0 Å². The van der Waals surface area contributed by atoms with Crippen LogP contribution in [-0.2, 0) is 13.0 Å². The Bertz CT molecular complexity index is 277. The van der Waals surface area contributed by atoms with Crippen molar-refractivity contribution >= 4 is 0 Å². The van der Waals surface area contributed by atoms with Crippen LogP contribution in [-0.4, -0.2) is 5.11 Å². The molecule has 0 saturated heterocycles. The second kappa shape index (κ2) is 3.72. The van der Waals surface area contributed by atoms with Gasteiger partial charge in [0.15, 0.2) is 0 Å². The van der Waals surface area contributed by atoms with Crippen molar-refractivity contribution in [1.29, 1.82) is 0 Å². The molecule has 12 heavy (non-hydrogen) atoms. The largest absolute Gasteiger partial charge is 0.392 e. The molecule has 0 atom stereocenters. The fourth-order valence-corrected chi connectivity index (χ4v) is 1.38. The first kappa shape index (κ1) is 9.27. The Hall–Kier alpha value is -0.820. The van der Waals surface area contributed by atoms with Crippen LogP contribution in [0.2, 0.25) is 0 Å². The zero-order chi connectivity index (χ0) is 9.14. The Morgan fingerprint density at radius 3 is 2.42 bits per heavy atom. The zero-order valence-corrected chi connectivity index (χ0v) is 8.02. The van der Waals surface area contributed by atoms with Gasteiger partial charge in [-0.2, -0.15) is 0 Å². The Kier molecular flexibility index (Phi) is 2.88. The minimum absolute atomic E-state index is 0.153. The van der Waals surface area contributed by atoms with Gasteiger partial charge in [-0.15, -0.1) is 0 Å². The monoisotopic (exact) mass is 164 g/mol. The normalized spacial score (nSPS) is 10.3. The van der Waals surface area contributed by atoms with Crippen molar-refractivity contribution in [2.45, 2.75) is 33.8 Å². The fraction of sp³-hybridized carbons (Fsp3) is 0.455. The lowest BCUT2D eigenvalue weighted by atomic mass is 9.99. The molecule has 66 valence electrons. The standard InChI is InChI=1S/C11H16O/c1-4-10-5-8(2)9(3)11(6-10)7-12/h5-6,12H,4,7H2,1-3H3. The molecule has 0 bridgehead atoms. The first-order chi connectivity index (χ1) is 5.69. The van der Waals surface area contributed by atoms with Crippen LogP contribution in [0.5, 0.6) is 0 Å². The predicted molar refractivity (Wildman–Crippen MR) is 51.2 cm³/mol. The average molecular weight is 164 g/mol. The molecule has 0 saturated carbocycles. The molecule has 0 aliphatic rings. The lowest BCUT2D eigenvalue weighted by molar-refractivity contribution is 0.281. The topological polar surface area (TPSA) is 20.2 Å². The molecular weight excluding hydrogens is 148 g/mol. The number of aryl methyl sites for hydroxylation is 2. The van der Waals surface area contributed by atoms with E-state index >= 15 is 0 Å². The van der Waals surface area contributed by atoms with E-state index in [9.17, 15) is 0 Å². The summed E-state index contributed by atoms with van der Waals surface area (Å²) in [6.07, 6.45) is 1.04. The predicted octanol–water partition coefficient (Wildman–Crippen LogP) is 2.36. The van der Waals surface area contributed by atoms with Crippen LogP contribution in [0.15, 0.2) is 12.1 Å². The zero-order valence-electron chi connectivity index (χ0n) is 8.02. The van der Waals surface area contributed by atoms with E-state index in [1.165, 1.54) is 16.7 Å². The lowest BCUT2D eigenvalue weighted by Gasteiger charge is -2.08. The van der Waals surface area contributed by atoms with Gasteiger partial charge < -0.3 is 5.11 Å². The van der Waals surface area contributed by atoms with Crippen LogP contribution in [0, 0.1) is 13.8 Å². The summed E-state index contributed by atoms with van der Waals surface area (Å²) in [6.45, 7) is 6.43. The maximum absolute atomic E-state index is 9.06. The van der Waals surface area contributed by atoms with E-state index in [1.54, 1.807) is 0 Å². The summed E-state index contributed by atoms with van der Waals surface area (Å²) < 4.78 is 0. The number of rotatable bonds is 2. The number of hydrogen-bond donors (Lipinski definition) is 1. The van der Waals surface area contributed by atoms with E-state index in [-0.39, 0.29) is 6.61 Å². The maximum atomic E-state index is 9.06. The summed E-state index contributed by atoms with van der Waals surface area (Å²) in [7, 11) is 0. The molecule has 0 spiro atoms. The summed E-state index contributed by atoms with van der Waals surface area (Å²) >= 11 is 0. The summed E-state index contributed by atoms with van der Waals surface area (Å²) in [5.41, 5.74) is 4.86. The van der Waals surface area contributed by atoms with E-state index in [4.69, 9.17) is 5.11 Å². The van der Waals surface area contributed by atoms with Crippen LogP contribution in [0.3, 0.4) is 0 Å². The first-order valence-electron chi connectivity index (χ1n) is 4.39. The maximum Gasteiger partial charge on any atom is 0.0684 e. The van der Waals surface area contributed by atoms with Gasteiger partial charge in [-0.05, 0) is 42.5 Å². The Labute approximate surface area is 74.1 Å². The number of benzene rings is 1. The third kappa shape index (κ3) is 1.67. The second-order valence-corrected chi connectivity index (χ2v) is 3.21. The highest BCUT2D eigenvalue weighted by Gasteiger charge is 2.01. The lowest BCUT2D eigenvalue weighted by Crippen LogP contribution is -1.94. The van der Waals surface area contributed by atoms with Crippen LogP contribution in [0.4, 0.5) is 0 Å². The number of aliphatic hydroxyl groups excluding tert-OH is 1. The minimum Gasteiger partial charge on any atom is -0.392 e. The van der Waals surface area contributed by atoms with Gasteiger partial charge in [-0.3, -0.25) is 0 Å². The van der Waals surface area contributed by atoms with E-state index in [2.05, 4.69) is 32.9 Å². The van der Waals surface area contributed by atoms with Crippen LogP contribution in [0.1, 0.15) is 29.2 Å². The molecule has 0 radical (unpaired) electrons. The molecule has 0 unspecified atom stereocenters. The van der Waals surface area contributed by atoms with Gasteiger partial charge in [0, 0.05) is 0 Å². The Morgan fingerprint density at radius 1 is 1.25 bits per heavy atom. The summed E-state index contributed by atoms with van der Waals surface area (Å²) in [5.74, 6) is 0. The Morgan fingerprint density at radius 2 is 1.92 bits per heavy atom. The highest BCUT2D eigenvalue weighted by Crippen LogP contribution is 2.16. The van der Waals surface area contributed by atoms with E-state index in [0.29, 0.717) is 0 Å². The van der Waals surface area contributed by atoms with E-state index < -0.39 is 0 Å². The Balaban J connectivity index is 3.19. The molecule has 1 nitrogen and oxygen atoms in total. The minimum atomic E-state index is 0.153. The molecule has 0 aromatic heterocycles. The molecule has 1 rings (SSSR count). The first-order valence-corrected chi connectivity index (χ1v) is 4.39. The van der Waals surface area contributed by atoms with Gasteiger partial charge in [0.2, 0.25) is 0 Å². The molecule has 0 amide bonds. The SMILES string of the molecule is CCc1cc(C)c(C)c(CO)c1. The van der Waals surface area contributed by atoms with Crippen molar-refractivity contribution in [3.05, 3.63) is 34.4 Å². The summed E-state index contributed by atoms with van der Waals surface area (Å²) in [5, 5.41) is 9.06. The average Bonchev–Trinajstić information content (AvgIpc) is 2.09. The van der Waals surface area contributed by atoms with E-state index in [1.807, 2.05) is 0 Å². The molecule has 1 N–H and O–H groups in total. The molecule has 1 heteroatoms. The van der Waals surface area contributed by atoms with Gasteiger partial charge in [0.05, 0.1) is 6.61 Å². The molecule has 0 fully saturated rings. The van der Waals surface area contributed by atoms with Crippen LogP contribution >= 0.6 is 0 Å². The van der Waals surface area contributed by atoms with Crippen molar-refractivity contribution in [2.24, 2.45) is 0 Å². The molecule has 0 aliphatic carbocycles. The highest BCUT2D eigenvalue weighted by atomic mass is 16.3. The van der Waals surface area contributed by atoms with Crippen molar-refractivity contribution < 1.29 is 5.11 Å². The molecule has 0 heterocycles. The van der Waals surface area contributed by atoms with Gasteiger partial charge in [-0.25, -0.2) is 0 Å². The second-order valence-electron chi connectivity index (χ2n) is 3.21. The van der Waals surface area contributed by atoms with Crippen molar-refractivity contribution in [1.82, 2.24) is 0 Å². The molecule has 1 aromatic rings. The molecular formula is C11H16O.